The lowest BCUT2D eigenvalue weighted by Crippen LogP contribution is -2.21. The number of amides is 1. The monoisotopic (exact) mass is 426 g/mol. The van der Waals surface area contributed by atoms with Crippen LogP contribution in [0.2, 0.25) is 5.02 Å². The lowest BCUT2D eigenvalue weighted by atomic mass is 10.1. The molecule has 3 heterocycles. The van der Waals surface area contributed by atoms with Crippen molar-refractivity contribution in [1.82, 2.24) is 24.4 Å². The van der Waals surface area contributed by atoms with Crippen LogP contribution in [-0.2, 0) is 11.3 Å². The van der Waals surface area contributed by atoms with Gasteiger partial charge in [-0.25, -0.2) is 9.50 Å². The molecule has 0 bridgehead atoms. The number of hydrogen-bond acceptors (Lipinski definition) is 6. The second-order valence-corrected chi connectivity index (χ2v) is 7.07. The zero-order valence-corrected chi connectivity index (χ0v) is 16.8. The number of aliphatic hydroxyl groups excluding tert-OH is 1. The van der Waals surface area contributed by atoms with E-state index in [2.05, 4.69) is 20.5 Å². The fourth-order valence-electron chi connectivity index (χ4n) is 3.09. The summed E-state index contributed by atoms with van der Waals surface area (Å²) >= 11 is 6.13. The highest BCUT2D eigenvalue weighted by Gasteiger charge is 2.19. The summed E-state index contributed by atoms with van der Waals surface area (Å²) in [5, 5.41) is 22.2. The number of carbonyl (C=O) groups is 1. The zero-order chi connectivity index (χ0) is 21.1. The molecule has 0 aliphatic heterocycles. The summed E-state index contributed by atoms with van der Waals surface area (Å²) in [6, 6.07) is 8.89. The number of benzene rings is 1. The van der Waals surface area contributed by atoms with Crippen molar-refractivity contribution >= 4 is 28.8 Å². The first-order valence-corrected chi connectivity index (χ1v) is 9.53. The Labute approximate surface area is 176 Å². The first-order chi connectivity index (χ1) is 14.5. The molecule has 0 fully saturated rings. The molecule has 0 saturated carbocycles. The summed E-state index contributed by atoms with van der Waals surface area (Å²) in [6.07, 6.45) is 5.69. The van der Waals surface area contributed by atoms with Crippen LogP contribution in [0.3, 0.4) is 0 Å². The summed E-state index contributed by atoms with van der Waals surface area (Å²) in [5.41, 5.74) is 2.51. The third kappa shape index (κ3) is 4.18. The van der Waals surface area contributed by atoms with Crippen LogP contribution in [0.25, 0.3) is 16.9 Å². The molecule has 0 spiro atoms. The summed E-state index contributed by atoms with van der Waals surface area (Å²) < 4.78 is 8.06. The smallest absolute Gasteiger partial charge is 0.261 e. The molecule has 10 heteroatoms. The van der Waals surface area contributed by atoms with Crippen molar-refractivity contribution in [3.8, 4) is 11.3 Å². The van der Waals surface area contributed by atoms with E-state index in [0.717, 1.165) is 5.56 Å². The molecule has 3 aromatic heterocycles. The van der Waals surface area contributed by atoms with E-state index in [9.17, 15) is 9.90 Å². The molecule has 2 N–H and O–H groups in total. The summed E-state index contributed by atoms with van der Waals surface area (Å²) in [7, 11) is 1.51. The Balaban J connectivity index is 1.68. The fraction of sp³-hybridized carbons (Fsp3) is 0.200. The number of rotatable bonds is 7. The Kier molecular flexibility index (Phi) is 5.75. The SMILES string of the molecule is COCC(O)Cn1cc(NC(=O)c2cnn3cccnc23)c(-c2cccc(Cl)c2)n1. The number of anilines is 1. The van der Waals surface area contributed by atoms with Crippen LogP contribution in [0.1, 0.15) is 10.4 Å². The topological polar surface area (TPSA) is 107 Å². The number of halogens is 1. The van der Waals surface area contributed by atoms with Gasteiger partial charge in [-0.05, 0) is 18.2 Å². The minimum Gasteiger partial charge on any atom is -0.389 e. The Bertz CT molecular complexity index is 1190. The molecule has 4 aromatic rings. The maximum atomic E-state index is 12.9. The second-order valence-electron chi connectivity index (χ2n) is 6.63. The minimum absolute atomic E-state index is 0.169. The number of methoxy groups -OCH3 is 1. The molecule has 0 aliphatic rings. The van der Waals surface area contributed by atoms with Gasteiger partial charge in [0.15, 0.2) is 5.65 Å². The molecule has 1 aromatic carbocycles. The van der Waals surface area contributed by atoms with Gasteiger partial charge in [-0.2, -0.15) is 10.2 Å². The molecule has 1 amide bonds. The number of nitrogens with zero attached hydrogens (tertiary/aromatic N) is 5. The molecule has 4 rings (SSSR count). The van der Waals surface area contributed by atoms with Gasteiger partial charge in [-0.3, -0.25) is 9.48 Å². The zero-order valence-electron chi connectivity index (χ0n) is 16.1. The predicted octanol–water partition coefficient (Wildman–Crippen LogP) is 2.51. The van der Waals surface area contributed by atoms with Gasteiger partial charge in [-0.1, -0.05) is 23.7 Å². The summed E-state index contributed by atoms with van der Waals surface area (Å²) in [6.45, 7) is 0.373. The van der Waals surface area contributed by atoms with Gasteiger partial charge in [0.2, 0.25) is 0 Å². The molecule has 154 valence electrons. The standard InChI is InChI=1S/C20H19ClN6O3/c1-30-12-15(28)10-26-11-17(18(25-26)13-4-2-5-14(21)8-13)24-20(29)16-9-23-27-7-3-6-22-19(16)27/h2-9,11,15,28H,10,12H2,1H3,(H,24,29). The second kappa shape index (κ2) is 8.62. The van der Waals surface area contributed by atoms with Crippen molar-refractivity contribution in [1.29, 1.82) is 0 Å². The molecule has 0 radical (unpaired) electrons. The highest BCUT2D eigenvalue weighted by molar-refractivity contribution is 6.30. The number of carbonyl (C=O) groups excluding carboxylic acids is 1. The highest BCUT2D eigenvalue weighted by atomic mass is 35.5. The van der Waals surface area contributed by atoms with E-state index in [-0.39, 0.29) is 19.1 Å². The lowest BCUT2D eigenvalue weighted by Gasteiger charge is -2.08. The average Bonchev–Trinajstić information content (AvgIpc) is 3.32. The Morgan fingerprint density at radius 3 is 3.03 bits per heavy atom. The third-order valence-electron chi connectivity index (χ3n) is 4.39. The largest absolute Gasteiger partial charge is 0.389 e. The predicted molar refractivity (Wildman–Crippen MR) is 111 cm³/mol. The molecular formula is C20H19ClN6O3. The van der Waals surface area contributed by atoms with Gasteiger partial charge >= 0.3 is 0 Å². The summed E-state index contributed by atoms with van der Waals surface area (Å²) in [5.74, 6) is -0.371. The van der Waals surface area contributed by atoms with Crippen LogP contribution in [0.4, 0.5) is 5.69 Å². The molecule has 0 aliphatic carbocycles. The molecule has 1 atom stereocenters. The van der Waals surface area contributed by atoms with Crippen molar-refractivity contribution in [3.63, 3.8) is 0 Å². The number of nitrogens with one attached hydrogen (secondary N) is 1. The molecule has 1 unspecified atom stereocenters. The normalized spacial score (nSPS) is 12.2. The van der Waals surface area contributed by atoms with Gasteiger partial charge in [-0.15, -0.1) is 0 Å². The van der Waals surface area contributed by atoms with Crippen molar-refractivity contribution < 1.29 is 14.6 Å². The van der Waals surface area contributed by atoms with Gasteiger partial charge in [0.05, 0.1) is 31.1 Å². The highest BCUT2D eigenvalue weighted by Crippen LogP contribution is 2.29. The lowest BCUT2D eigenvalue weighted by molar-refractivity contribution is 0.0514. The maximum Gasteiger partial charge on any atom is 0.261 e. The van der Waals surface area contributed by atoms with E-state index < -0.39 is 6.10 Å². The van der Waals surface area contributed by atoms with Crippen LogP contribution < -0.4 is 5.32 Å². The molecule has 0 saturated heterocycles. The number of hydrogen-bond donors (Lipinski definition) is 2. The Morgan fingerprint density at radius 1 is 1.37 bits per heavy atom. The van der Waals surface area contributed by atoms with Crippen molar-refractivity contribution in [3.05, 3.63) is 65.7 Å². The van der Waals surface area contributed by atoms with E-state index in [1.54, 1.807) is 47.5 Å². The maximum absolute atomic E-state index is 12.9. The minimum atomic E-state index is -0.741. The van der Waals surface area contributed by atoms with Gasteiger partial charge in [0.25, 0.3) is 5.91 Å². The van der Waals surface area contributed by atoms with E-state index in [0.29, 0.717) is 27.6 Å². The van der Waals surface area contributed by atoms with Gasteiger partial charge < -0.3 is 15.2 Å². The van der Waals surface area contributed by atoms with E-state index in [1.807, 2.05) is 6.07 Å². The van der Waals surface area contributed by atoms with E-state index >= 15 is 0 Å². The van der Waals surface area contributed by atoms with Crippen LogP contribution in [0.15, 0.2) is 55.1 Å². The van der Waals surface area contributed by atoms with Gasteiger partial charge in [0.1, 0.15) is 11.3 Å². The Hall–Kier alpha value is -3.27. The third-order valence-corrected chi connectivity index (χ3v) is 4.62. The van der Waals surface area contributed by atoms with E-state index in [4.69, 9.17) is 16.3 Å². The first-order valence-electron chi connectivity index (χ1n) is 9.15. The van der Waals surface area contributed by atoms with Crippen LogP contribution >= 0.6 is 11.6 Å². The molecular weight excluding hydrogens is 408 g/mol. The van der Waals surface area contributed by atoms with Crippen LogP contribution in [-0.4, -0.2) is 55.2 Å². The van der Waals surface area contributed by atoms with Crippen molar-refractivity contribution in [2.24, 2.45) is 0 Å². The van der Waals surface area contributed by atoms with Crippen molar-refractivity contribution in [2.45, 2.75) is 12.6 Å². The number of aliphatic hydroxyl groups is 1. The average molecular weight is 427 g/mol. The number of aromatic nitrogens is 5. The quantitative estimate of drug-likeness (QED) is 0.470. The number of ether oxygens (including phenoxy) is 1. The number of fused-ring (bicyclic) bond motifs is 1. The van der Waals surface area contributed by atoms with E-state index in [1.165, 1.54) is 17.8 Å². The van der Waals surface area contributed by atoms with Crippen molar-refractivity contribution in [2.75, 3.05) is 19.0 Å². The van der Waals surface area contributed by atoms with Gasteiger partial charge in [0, 0.05) is 36.3 Å². The summed E-state index contributed by atoms with van der Waals surface area (Å²) in [4.78, 5) is 17.2. The first kappa shape index (κ1) is 20.0. The van der Waals surface area contributed by atoms with Crippen LogP contribution in [0.5, 0.6) is 0 Å². The Morgan fingerprint density at radius 2 is 2.23 bits per heavy atom. The fourth-order valence-corrected chi connectivity index (χ4v) is 3.28. The molecule has 30 heavy (non-hydrogen) atoms. The van der Waals surface area contributed by atoms with Crippen LogP contribution in [0, 0.1) is 0 Å². The molecule has 9 nitrogen and oxygen atoms in total.